The average Bonchev–Trinajstić information content (AvgIpc) is 2.09. The fraction of sp³-hybridized carbons (Fsp3) is 0.125. The van der Waals surface area contributed by atoms with E-state index in [0.29, 0.717) is 12.1 Å². The van der Waals surface area contributed by atoms with Crippen molar-refractivity contribution in [3.8, 4) is 0 Å². The minimum atomic E-state index is -3.34. The number of carbonyl (C=O) groups is 1. The predicted molar refractivity (Wildman–Crippen MR) is 42.2 cm³/mol. The number of nitrogens with two attached hydrogens (primary N) is 1. The molecule has 3 nitrogen and oxygen atoms in total. The number of hydrogen-bond acceptors (Lipinski definition) is 3. The van der Waals surface area contributed by atoms with Gasteiger partial charge in [-0.1, -0.05) is 0 Å². The summed E-state index contributed by atoms with van der Waals surface area (Å²) in [6.45, 7) is -3.34. The molecule has 0 saturated heterocycles. The molecule has 0 heterocycles. The number of hydrogen-bond donors (Lipinski definition) is 1. The van der Waals surface area contributed by atoms with Crippen molar-refractivity contribution in [2.24, 2.45) is 0 Å². The number of nitrogen functional groups attached to an aromatic ring is 1. The minimum absolute atomic E-state index is 0.398. The Bertz CT molecular complexity index is 394. The number of rotatable bonds is 2. The monoisotopic (exact) mass is 223 g/mol. The Kier molecular flexibility index (Phi) is 3.13. The Morgan fingerprint density at radius 1 is 1.27 bits per heavy atom. The molecule has 7 heteroatoms. The highest BCUT2D eigenvalue weighted by Gasteiger charge is 2.18. The van der Waals surface area contributed by atoms with Crippen LogP contribution < -0.4 is 5.73 Å². The molecule has 0 aliphatic heterocycles. The van der Waals surface area contributed by atoms with Gasteiger partial charge in [0, 0.05) is 11.8 Å². The first kappa shape index (κ1) is 11.3. The third-order valence-corrected chi connectivity index (χ3v) is 1.51. The minimum Gasteiger partial charge on any atom is -0.399 e. The number of ether oxygens (including phenoxy) is 1. The van der Waals surface area contributed by atoms with E-state index in [4.69, 9.17) is 5.73 Å². The van der Waals surface area contributed by atoms with Gasteiger partial charge in [-0.05, 0) is 6.07 Å². The Balaban J connectivity index is 3.04. The molecule has 0 aliphatic rings. The second-order valence-electron chi connectivity index (χ2n) is 2.52. The Morgan fingerprint density at radius 2 is 1.80 bits per heavy atom. The second-order valence-corrected chi connectivity index (χ2v) is 2.52. The van der Waals surface area contributed by atoms with Gasteiger partial charge in [0.25, 0.3) is 0 Å². The lowest BCUT2D eigenvalue weighted by Gasteiger charge is -2.06. The number of benzene rings is 1. The van der Waals surface area contributed by atoms with Crippen LogP contribution in [0.4, 0.5) is 23.2 Å². The van der Waals surface area contributed by atoms with Gasteiger partial charge in [-0.15, -0.1) is 0 Å². The van der Waals surface area contributed by atoms with Gasteiger partial charge >= 0.3 is 12.6 Å². The number of anilines is 1. The molecule has 0 atom stereocenters. The third kappa shape index (κ3) is 2.58. The van der Waals surface area contributed by atoms with E-state index >= 15 is 0 Å². The van der Waals surface area contributed by atoms with E-state index in [0.717, 1.165) is 0 Å². The predicted octanol–water partition coefficient (Wildman–Crippen LogP) is 1.93. The Labute approximate surface area is 81.4 Å². The second kappa shape index (κ2) is 4.16. The maximum Gasteiger partial charge on any atom is 0.389 e. The van der Waals surface area contributed by atoms with Gasteiger partial charge in [-0.3, -0.25) is 0 Å². The van der Waals surface area contributed by atoms with E-state index in [9.17, 15) is 22.4 Å². The molecule has 0 unspecified atom stereocenters. The zero-order chi connectivity index (χ0) is 11.6. The Hall–Kier alpha value is -1.79. The molecule has 0 saturated carbocycles. The van der Waals surface area contributed by atoms with Crippen LogP contribution in [0.1, 0.15) is 10.4 Å². The van der Waals surface area contributed by atoms with Gasteiger partial charge in [0.05, 0.1) is 5.56 Å². The maximum absolute atomic E-state index is 12.6. The summed E-state index contributed by atoms with van der Waals surface area (Å²) in [6.07, 6.45) is 0. The maximum atomic E-state index is 12.6. The first-order valence-electron chi connectivity index (χ1n) is 3.65. The smallest absolute Gasteiger partial charge is 0.389 e. The molecule has 1 aromatic carbocycles. The first-order chi connectivity index (χ1) is 6.91. The van der Waals surface area contributed by atoms with Gasteiger partial charge in [0.1, 0.15) is 0 Å². The molecule has 1 rings (SSSR count). The highest BCUT2D eigenvalue weighted by molar-refractivity contribution is 5.95. The van der Waals surface area contributed by atoms with Gasteiger partial charge in [-0.2, -0.15) is 8.78 Å². The summed E-state index contributed by atoms with van der Waals surface area (Å²) in [5.74, 6) is -4.16. The summed E-state index contributed by atoms with van der Waals surface area (Å²) < 4.78 is 51.9. The summed E-state index contributed by atoms with van der Waals surface area (Å²) in [4.78, 5) is 10.9. The molecule has 0 radical (unpaired) electrons. The molecule has 0 aliphatic carbocycles. The molecule has 0 aromatic heterocycles. The van der Waals surface area contributed by atoms with Crippen LogP contribution in [-0.2, 0) is 4.74 Å². The molecule has 15 heavy (non-hydrogen) atoms. The van der Waals surface area contributed by atoms with Crippen LogP contribution >= 0.6 is 0 Å². The lowest BCUT2D eigenvalue weighted by atomic mass is 10.2. The number of halogens is 4. The standard InChI is InChI=1S/C8H5F4NO2/c9-4-1-3(6(13)2-5(4)10)7(14)15-8(11)12/h1-2,8H,13H2. The van der Waals surface area contributed by atoms with Crippen molar-refractivity contribution in [1.82, 2.24) is 0 Å². The molecule has 0 bridgehead atoms. The van der Waals surface area contributed by atoms with E-state index in [1.807, 2.05) is 0 Å². The topological polar surface area (TPSA) is 52.3 Å². The van der Waals surface area contributed by atoms with Crippen LogP contribution in [-0.4, -0.2) is 12.6 Å². The van der Waals surface area contributed by atoms with E-state index in [2.05, 4.69) is 4.74 Å². The van der Waals surface area contributed by atoms with Crippen molar-refractivity contribution in [3.63, 3.8) is 0 Å². The molecule has 0 amide bonds. The van der Waals surface area contributed by atoms with Gasteiger partial charge < -0.3 is 10.5 Å². The van der Waals surface area contributed by atoms with Crippen molar-refractivity contribution < 1.29 is 27.1 Å². The van der Waals surface area contributed by atoms with Gasteiger partial charge in [0.15, 0.2) is 11.6 Å². The lowest BCUT2D eigenvalue weighted by Crippen LogP contribution is -2.12. The van der Waals surface area contributed by atoms with Gasteiger partial charge in [-0.25, -0.2) is 13.6 Å². The van der Waals surface area contributed by atoms with E-state index in [1.165, 1.54) is 0 Å². The molecule has 2 N–H and O–H groups in total. The van der Waals surface area contributed by atoms with Crippen LogP contribution in [0.25, 0.3) is 0 Å². The molecular weight excluding hydrogens is 218 g/mol. The quantitative estimate of drug-likeness (QED) is 0.473. The number of esters is 1. The average molecular weight is 223 g/mol. The van der Waals surface area contributed by atoms with Crippen molar-refractivity contribution in [3.05, 3.63) is 29.3 Å². The zero-order valence-electron chi connectivity index (χ0n) is 7.14. The van der Waals surface area contributed by atoms with Crippen LogP contribution in [0.3, 0.4) is 0 Å². The van der Waals surface area contributed by atoms with Crippen LogP contribution in [0.5, 0.6) is 0 Å². The number of alkyl halides is 2. The van der Waals surface area contributed by atoms with Crippen LogP contribution in [0.2, 0.25) is 0 Å². The molecule has 0 spiro atoms. The van der Waals surface area contributed by atoms with Crippen molar-refractivity contribution >= 4 is 11.7 Å². The fourth-order valence-corrected chi connectivity index (χ4v) is 0.883. The molecule has 0 fully saturated rings. The molecule has 1 aromatic rings. The first-order valence-corrected chi connectivity index (χ1v) is 3.65. The highest BCUT2D eigenvalue weighted by atomic mass is 19.3. The van der Waals surface area contributed by atoms with Crippen molar-refractivity contribution in [2.45, 2.75) is 6.61 Å². The lowest BCUT2D eigenvalue weighted by molar-refractivity contribution is -0.0905. The summed E-state index contributed by atoms with van der Waals surface area (Å²) in [6, 6.07) is 0.910. The summed E-state index contributed by atoms with van der Waals surface area (Å²) in [5, 5.41) is 0. The van der Waals surface area contributed by atoms with Gasteiger partial charge in [0.2, 0.25) is 0 Å². The van der Waals surface area contributed by atoms with Crippen molar-refractivity contribution in [1.29, 1.82) is 0 Å². The Morgan fingerprint density at radius 3 is 2.33 bits per heavy atom. The van der Waals surface area contributed by atoms with E-state index < -0.39 is 35.5 Å². The third-order valence-electron chi connectivity index (χ3n) is 1.51. The van der Waals surface area contributed by atoms with Crippen LogP contribution in [0.15, 0.2) is 12.1 Å². The summed E-state index contributed by atoms with van der Waals surface area (Å²) in [5.41, 5.74) is 4.00. The largest absolute Gasteiger partial charge is 0.399 e. The van der Waals surface area contributed by atoms with E-state index in [-0.39, 0.29) is 0 Å². The molecular formula is C8H5F4NO2. The zero-order valence-corrected chi connectivity index (χ0v) is 7.14. The number of carbonyl (C=O) groups excluding carboxylic acids is 1. The normalized spacial score (nSPS) is 10.5. The van der Waals surface area contributed by atoms with E-state index in [1.54, 1.807) is 0 Å². The highest BCUT2D eigenvalue weighted by Crippen LogP contribution is 2.18. The summed E-state index contributed by atoms with van der Waals surface area (Å²) in [7, 11) is 0. The summed E-state index contributed by atoms with van der Waals surface area (Å²) >= 11 is 0. The molecule has 82 valence electrons. The van der Waals surface area contributed by atoms with Crippen LogP contribution in [0, 0.1) is 11.6 Å². The SMILES string of the molecule is Nc1cc(F)c(F)cc1C(=O)OC(F)F. The fourth-order valence-electron chi connectivity index (χ4n) is 0.883. The van der Waals surface area contributed by atoms with Crippen molar-refractivity contribution in [2.75, 3.05) is 5.73 Å².